The van der Waals surface area contributed by atoms with E-state index in [-0.39, 0.29) is 0 Å². The molecule has 10 heavy (non-hydrogen) atoms. The van der Waals surface area contributed by atoms with E-state index in [9.17, 15) is 0 Å². The molecule has 0 amide bonds. The van der Waals surface area contributed by atoms with E-state index in [4.69, 9.17) is 0 Å². The summed E-state index contributed by atoms with van der Waals surface area (Å²) in [4.78, 5) is 1.48. The van der Waals surface area contributed by atoms with Crippen LogP contribution in [-0.4, -0.2) is 13.3 Å². The van der Waals surface area contributed by atoms with Gasteiger partial charge in [0, 0.05) is 12.7 Å². The van der Waals surface area contributed by atoms with Gasteiger partial charge in [0.05, 0.1) is 0 Å². The zero-order chi connectivity index (χ0) is 7.40. The summed E-state index contributed by atoms with van der Waals surface area (Å²) in [5, 5.41) is 3.14. The van der Waals surface area contributed by atoms with Crippen LogP contribution in [0.15, 0.2) is 22.8 Å². The van der Waals surface area contributed by atoms with E-state index < -0.39 is 0 Å². The van der Waals surface area contributed by atoms with Gasteiger partial charge in [-0.05, 0) is 30.1 Å². The number of hydrogen-bond acceptors (Lipinski definition) is 2. The Morgan fingerprint density at radius 3 is 3.00 bits per heavy atom. The van der Waals surface area contributed by atoms with Crippen molar-refractivity contribution in [3.05, 3.63) is 22.8 Å². The average Bonchev–Trinajstić information content (AvgIpc) is 2.05. The average molecular weight is 155 g/mol. The quantitative estimate of drug-likeness (QED) is 0.655. The van der Waals surface area contributed by atoms with Gasteiger partial charge in [0.25, 0.3) is 0 Å². The van der Waals surface area contributed by atoms with Gasteiger partial charge in [0.15, 0.2) is 0 Å². The van der Waals surface area contributed by atoms with Crippen molar-refractivity contribution in [3.63, 3.8) is 0 Å². The second-order valence-corrected chi connectivity index (χ2v) is 3.20. The molecule has 1 nitrogen and oxygen atoms in total. The Morgan fingerprint density at radius 1 is 1.60 bits per heavy atom. The van der Waals surface area contributed by atoms with Crippen LogP contribution in [0.3, 0.4) is 0 Å². The highest BCUT2D eigenvalue weighted by molar-refractivity contribution is 8.02. The summed E-state index contributed by atoms with van der Waals surface area (Å²) in [5.41, 5.74) is 1.26. The number of rotatable bonds is 2. The van der Waals surface area contributed by atoms with Gasteiger partial charge in [0.1, 0.15) is 0 Å². The van der Waals surface area contributed by atoms with Crippen LogP contribution in [0.4, 0.5) is 0 Å². The summed E-state index contributed by atoms with van der Waals surface area (Å²) in [6.07, 6.45) is 8.98. The fourth-order valence-corrected chi connectivity index (χ4v) is 1.58. The molecule has 1 aliphatic carbocycles. The van der Waals surface area contributed by atoms with Gasteiger partial charge >= 0.3 is 0 Å². The molecule has 0 fully saturated rings. The van der Waals surface area contributed by atoms with Crippen LogP contribution in [0, 0.1) is 0 Å². The molecular weight excluding hydrogens is 142 g/mol. The maximum absolute atomic E-state index is 3.14. The molecule has 1 aliphatic rings. The third-order valence-electron chi connectivity index (χ3n) is 1.62. The minimum atomic E-state index is 1.18. The van der Waals surface area contributed by atoms with Gasteiger partial charge in [-0.25, -0.2) is 0 Å². The predicted molar refractivity (Wildman–Crippen MR) is 48.0 cm³/mol. The first-order valence-electron chi connectivity index (χ1n) is 3.49. The molecule has 0 radical (unpaired) electrons. The van der Waals surface area contributed by atoms with Gasteiger partial charge in [-0.2, -0.15) is 0 Å². The second kappa shape index (κ2) is 3.71. The fourth-order valence-electron chi connectivity index (χ4n) is 1.01. The normalized spacial score (nSPS) is 17.8. The fraction of sp³-hybridized carbons (Fsp3) is 0.500. The smallest absolute Gasteiger partial charge is 0.0305 e. The van der Waals surface area contributed by atoms with E-state index in [1.807, 2.05) is 18.8 Å². The number of likely N-dealkylation sites (N-methyl/N-ethyl adjacent to an activating group) is 1. The molecule has 0 aromatic heterocycles. The highest BCUT2D eigenvalue weighted by Crippen LogP contribution is 2.23. The van der Waals surface area contributed by atoms with Crippen LogP contribution in [0.5, 0.6) is 0 Å². The zero-order valence-electron chi connectivity index (χ0n) is 6.48. The topological polar surface area (TPSA) is 12.0 Å². The summed E-state index contributed by atoms with van der Waals surface area (Å²) in [7, 11) is 1.96. The van der Waals surface area contributed by atoms with Crippen molar-refractivity contribution in [2.45, 2.75) is 12.8 Å². The van der Waals surface area contributed by atoms with Crippen molar-refractivity contribution >= 4 is 11.8 Å². The molecule has 0 aromatic carbocycles. The Bertz CT molecular complexity index is 170. The Kier molecular flexibility index (Phi) is 2.87. The third kappa shape index (κ3) is 1.81. The molecule has 0 aliphatic heterocycles. The van der Waals surface area contributed by atoms with E-state index in [1.54, 1.807) is 0 Å². The van der Waals surface area contributed by atoms with Gasteiger partial charge in [0.2, 0.25) is 0 Å². The summed E-state index contributed by atoms with van der Waals surface area (Å²) >= 11 is 1.85. The Hall–Kier alpha value is -0.370. The molecule has 2 heteroatoms. The molecule has 0 atom stereocenters. The molecule has 56 valence electrons. The van der Waals surface area contributed by atoms with Crippen LogP contribution < -0.4 is 5.32 Å². The van der Waals surface area contributed by atoms with Crippen molar-refractivity contribution in [1.82, 2.24) is 5.32 Å². The molecule has 0 heterocycles. The Morgan fingerprint density at radius 2 is 2.40 bits per heavy atom. The lowest BCUT2D eigenvalue weighted by molar-refractivity contribution is 0.933. The molecule has 0 bridgehead atoms. The molecule has 0 saturated heterocycles. The summed E-state index contributed by atoms with van der Waals surface area (Å²) in [6.45, 7) is 0. The number of nitrogens with one attached hydrogen (secondary N) is 1. The lowest BCUT2D eigenvalue weighted by atomic mass is 10.1. The van der Waals surface area contributed by atoms with Gasteiger partial charge in [-0.15, -0.1) is 11.8 Å². The summed E-state index contributed by atoms with van der Waals surface area (Å²) < 4.78 is 0. The third-order valence-corrected chi connectivity index (χ3v) is 2.47. The predicted octanol–water partition coefficient (Wildman–Crippen LogP) is 2.13. The van der Waals surface area contributed by atoms with Crippen LogP contribution in [0.2, 0.25) is 0 Å². The van der Waals surface area contributed by atoms with Gasteiger partial charge < -0.3 is 5.32 Å². The molecular formula is C8H13NS. The SMILES string of the molecule is CNC1=CCCC(SC)=C1. The lowest BCUT2D eigenvalue weighted by Gasteiger charge is -2.10. The summed E-state index contributed by atoms with van der Waals surface area (Å²) in [6, 6.07) is 0. The minimum absolute atomic E-state index is 1.18. The molecule has 0 spiro atoms. The first kappa shape index (κ1) is 7.73. The maximum Gasteiger partial charge on any atom is 0.0305 e. The molecule has 1 N–H and O–H groups in total. The molecule has 0 aromatic rings. The van der Waals surface area contributed by atoms with Crippen LogP contribution in [0.25, 0.3) is 0 Å². The van der Waals surface area contributed by atoms with Crippen molar-refractivity contribution in [3.8, 4) is 0 Å². The lowest BCUT2D eigenvalue weighted by Crippen LogP contribution is -2.05. The highest BCUT2D eigenvalue weighted by Gasteiger charge is 2.01. The van der Waals surface area contributed by atoms with Crippen LogP contribution in [-0.2, 0) is 0 Å². The van der Waals surface area contributed by atoms with Crippen molar-refractivity contribution in [2.24, 2.45) is 0 Å². The zero-order valence-corrected chi connectivity index (χ0v) is 7.29. The largest absolute Gasteiger partial charge is 0.388 e. The van der Waals surface area contributed by atoms with E-state index in [0.29, 0.717) is 0 Å². The van der Waals surface area contributed by atoms with E-state index >= 15 is 0 Å². The van der Waals surface area contributed by atoms with Crippen molar-refractivity contribution in [1.29, 1.82) is 0 Å². The van der Waals surface area contributed by atoms with Crippen LogP contribution >= 0.6 is 11.8 Å². The van der Waals surface area contributed by atoms with Crippen LogP contribution in [0.1, 0.15) is 12.8 Å². The second-order valence-electron chi connectivity index (χ2n) is 2.26. The Labute approximate surface area is 66.6 Å². The summed E-state index contributed by atoms with van der Waals surface area (Å²) in [5.74, 6) is 0. The van der Waals surface area contributed by atoms with Gasteiger partial charge in [-0.3, -0.25) is 0 Å². The standard InChI is InChI=1S/C8H13NS/c1-9-7-4-3-5-8(6-7)10-2/h4,6,9H,3,5H2,1-2H3. The maximum atomic E-state index is 3.14. The van der Waals surface area contributed by atoms with E-state index in [0.717, 1.165) is 0 Å². The molecule has 0 saturated carbocycles. The first-order valence-corrected chi connectivity index (χ1v) is 4.71. The minimum Gasteiger partial charge on any atom is -0.388 e. The molecule has 1 rings (SSSR count). The van der Waals surface area contributed by atoms with Gasteiger partial charge in [-0.1, -0.05) is 6.08 Å². The van der Waals surface area contributed by atoms with E-state index in [2.05, 4.69) is 23.7 Å². The highest BCUT2D eigenvalue weighted by atomic mass is 32.2. The van der Waals surface area contributed by atoms with Crippen molar-refractivity contribution in [2.75, 3.05) is 13.3 Å². The number of hydrogen-bond donors (Lipinski definition) is 1. The first-order chi connectivity index (χ1) is 4.86. The number of allylic oxidation sites excluding steroid dienone is 3. The van der Waals surface area contributed by atoms with Crippen molar-refractivity contribution < 1.29 is 0 Å². The Balaban J connectivity index is 2.61. The number of thioether (sulfide) groups is 1. The molecule has 0 unspecified atom stereocenters. The van der Waals surface area contributed by atoms with E-state index in [1.165, 1.54) is 23.4 Å². The monoisotopic (exact) mass is 155 g/mol.